The third-order valence-corrected chi connectivity index (χ3v) is 4.90. The highest BCUT2D eigenvalue weighted by molar-refractivity contribution is 6.04. The third-order valence-electron chi connectivity index (χ3n) is 4.90. The van der Waals surface area contributed by atoms with Gasteiger partial charge in [-0.3, -0.25) is 0 Å². The first-order chi connectivity index (χ1) is 13.9. The van der Waals surface area contributed by atoms with E-state index in [0.29, 0.717) is 0 Å². The highest BCUT2D eigenvalue weighted by Gasteiger charge is 2.70. The average Bonchev–Trinajstić information content (AvgIpc) is 3.03. The predicted octanol–water partition coefficient (Wildman–Crippen LogP) is 1.99. The van der Waals surface area contributed by atoms with E-state index in [9.17, 15) is 20.1 Å². The fourth-order valence-corrected chi connectivity index (χ4v) is 3.57. The number of hydrogen-bond donors (Lipinski definition) is 0. The van der Waals surface area contributed by atoms with E-state index in [2.05, 4.69) is 0 Å². The average molecular weight is 396 g/mol. The number of nitriles is 2. The molecule has 0 heterocycles. The monoisotopic (exact) mass is 396 g/mol. The SMILES string of the molecule is COC(=O)C1=C(C(=O)OC)C(OC)(OC)C(C#N)(C#N)C1/C=C/c1ccccc1. The van der Waals surface area contributed by atoms with E-state index in [1.807, 2.05) is 30.3 Å². The van der Waals surface area contributed by atoms with E-state index in [-0.39, 0.29) is 11.1 Å². The van der Waals surface area contributed by atoms with Crippen LogP contribution in [0.5, 0.6) is 0 Å². The Kier molecular flexibility index (Phi) is 6.55. The smallest absolute Gasteiger partial charge is 0.339 e. The molecular formula is C21H20N2O6. The summed E-state index contributed by atoms with van der Waals surface area (Å²) in [7, 11) is 4.58. The Morgan fingerprint density at radius 2 is 1.52 bits per heavy atom. The summed E-state index contributed by atoms with van der Waals surface area (Å²) in [5, 5.41) is 20.1. The van der Waals surface area contributed by atoms with Crippen LogP contribution in [0.25, 0.3) is 6.08 Å². The first-order valence-electron chi connectivity index (χ1n) is 8.50. The summed E-state index contributed by atoms with van der Waals surface area (Å²) in [6.07, 6.45) is 3.12. The maximum Gasteiger partial charge on any atom is 0.339 e. The standard InChI is InChI=1S/C21H20N2O6/c1-26-18(24)16-15(11-10-14-8-6-5-7-9-14)20(12-22,13-23)21(28-3,29-4)17(16)19(25)27-2/h5-11,15H,1-4H3/b11-10+. The van der Waals surface area contributed by atoms with Gasteiger partial charge in [0, 0.05) is 20.1 Å². The van der Waals surface area contributed by atoms with Crippen molar-refractivity contribution >= 4 is 18.0 Å². The number of methoxy groups -OCH3 is 4. The molecule has 1 atom stereocenters. The zero-order chi connectivity index (χ0) is 21.7. The number of ether oxygens (including phenoxy) is 4. The van der Waals surface area contributed by atoms with E-state index >= 15 is 0 Å². The van der Waals surface area contributed by atoms with Crippen molar-refractivity contribution in [3.05, 3.63) is 53.1 Å². The molecule has 0 aromatic heterocycles. The second-order valence-electron chi connectivity index (χ2n) is 6.08. The second-order valence-corrected chi connectivity index (χ2v) is 6.08. The van der Waals surface area contributed by atoms with E-state index in [1.165, 1.54) is 20.3 Å². The van der Waals surface area contributed by atoms with Gasteiger partial charge in [0.15, 0.2) is 0 Å². The molecule has 0 amide bonds. The Labute approximate surface area is 168 Å². The van der Waals surface area contributed by atoms with Gasteiger partial charge >= 0.3 is 11.9 Å². The predicted molar refractivity (Wildman–Crippen MR) is 100 cm³/mol. The molecule has 0 fully saturated rings. The third kappa shape index (κ3) is 3.19. The fourth-order valence-electron chi connectivity index (χ4n) is 3.57. The lowest BCUT2D eigenvalue weighted by molar-refractivity contribution is -0.220. The molecule has 8 heteroatoms. The molecule has 0 spiro atoms. The lowest BCUT2D eigenvalue weighted by Crippen LogP contribution is -2.52. The number of carbonyl (C=O) groups is 2. The first-order valence-corrected chi connectivity index (χ1v) is 8.50. The quantitative estimate of drug-likeness (QED) is 0.529. The molecular weight excluding hydrogens is 376 g/mol. The summed E-state index contributed by atoms with van der Waals surface area (Å²) < 4.78 is 20.5. The van der Waals surface area contributed by atoms with Crippen LogP contribution in [0.4, 0.5) is 0 Å². The van der Waals surface area contributed by atoms with Crippen LogP contribution < -0.4 is 0 Å². The minimum Gasteiger partial charge on any atom is -0.466 e. The van der Waals surface area contributed by atoms with E-state index in [1.54, 1.807) is 18.2 Å². The van der Waals surface area contributed by atoms with Gasteiger partial charge in [0.25, 0.3) is 0 Å². The van der Waals surface area contributed by atoms with Gasteiger partial charge in [-0.05, 0) is 5.56 Å². The molecule has 1 aromatic rings. The van der Waals surface area contributed by atoms with Gasteiger partial charge in [-0.1, -0.05) is 42.5 Å². The zero-order valence-corrected chi connectivity index (χ0v) is 16.5. The van der Waals surface area contributed by atoms with Crippen molar-refractivity contribution < 1.29 is 28.5 Å². The van der Waals surface area contributed by atoms with Crippen molar-refractivity contribution in [3.63, 3.8) is 0 Å². The van der Waals surface area contributed by atoms with Crippen molar-refractivity contribution in [2.45, 2.75) is 5.79 Å². The molecule has 1 aliphatic rings. The van der Waals surface area contributed by atoms with Gasteiger partial charge in [0.05, 0.1) is 31.9 Å². The minimum atomic E-state index is -2.17. The topological polar surface area (TPSA) is 119 Å². The highest BCUT2D eigenvalue weighted by Crippen LogP contribution is 2.56. The fraction of sp³-hybridized carbons (Fsp3) is 0.333. The lowest BCUT2D eigenvalue weighted by atomic mass is 9.73. The minimum absolute atomic E-state index is 0.238. The maximum atomic E-state index is 12.7. The molecule has 0 aliphatic heterocycles. The van der Waals surface area contributed by atoms with Crippen LogP contribution in [0.2, 0.25) is 0 Å². The molecule has 8 nitrogen and oxygen atoms in total. The van der Waals surface area contributed by atoms with Gasteiger partial charge in [-0.15, -0.1) is 0 Å². The molecule has 0 radical (unpaired) electrons. The second kappa shape index (κ2) is 8.70. The molecule has 0 saturated heterocycles. The molecule has 1 aromatic carbocycles. The molecule has 2 rings (SSSR count). The van der Waals surface area contributed by atoms with E-state index in [4.69, 9.17) is 18.9 Å². The Hall–Kier alpha value is -3.46. The number of esters is 2. The van der Waals surface area contributed by atoms with Crippen molar-refractivity contribution in [1.29, 1.82) is 10.5 Å². The van der Waals surface area contributed by atoms with Crippen molar-refractivity contribution in [1.82, 2.24) is 0 Å². The number of allylic oxidation sites excluding steroid dienone is 1. The molecule has 0 bridgehead atoms. The number of benzene rings is 1. The Bertz CT molecular complexity index is 918. The van der Waals surface area contributed by atoms with E-state index < -0.39 is 29.1 Å². The normalized spacial score (nSPS) is 19.4. The lowest BCUT2D eigenvalue weighted by Gasteiger charge is -2.37. The number of rotatable bonds is 6. The van der Waals surface area contributed by atoms with Gasteiger partial charge in [-0.2, -0.15) is 10.5 Å². The molecule has 0 N–H and O–H groups in total. The molecule has 0 saturated carbocycles. The van der Waals surface area contributed by atoms with Gasteiger partial charge < -0.3 is 18.9 Å². The number of nitrogens with zero attached hydrogens (tertiary/aromatic N) is 2. The van der Waals surface area contributed by atoms with Crippen molar-refractivity contribution in [2.24, 2.45) is 11.3 Å². The van der Waals surface area contributed by atoms with Crippen LogP contribution >= 0.6 is 0 Å². The largest absolute Gasteiger partial charge is 0.466 e. The zero-order valence-electron chi connectivity index (χ0n) is 16.5. The maximum absolute atomic E-state index is 12.7. The summed E-state index contributed by atoms with van der Waals surface area (Å²) in [6, 6.07) is 12.9. The Morgan fingerprint density at radius 1 is 0.966 bits per heavy atom. The highest BCUT2D eigenvalue weighted by atomic mass is 16.7. The van der Waals surface area contributed by atoms with Crippen LogP contribution in [0, 0.1) is 34.0 Å². The van der Waals surface area contributed by atoms with Crippen LogP contribution in [0.3, 0.4) is 0 Å². The van der Waals surface area contributed by atoms with E-state index in [0.717, 1.165) is 19.8 Å². The molecule has 1 unspecified atom stereocenters. The summed E-state index contributed by atoms with van der Waals surface area (Å²) in [5.74, 6) is -5.24. The van der Waals surface area contributed by atoms with Crippen LogP contribution in [0.1, 0.15) is 5.56 Å². The van der Waals surface area contributed by atoms with Crippen molar-refractivity contribution in [2.75, 3.05) is 28.4 Å². The number of hydrogen-bond acceptors (Lipinski definition) is 8. The van der Waals surface area contributed by atoms with Gasteiger partial charge in [-0.25, -0.2) is 9.59 Å². The summed E-state index contributed by atoms with van der Waals surface area (Å²) in [6.45, 7) is 0. The summed E-state index contributed by atoms with van der Waals surface area (Å²) in [5.41, 5.74) is -1.97. The Morgan fingerprint density at radius 3 is 1.97 bits per heavy atom. The van der Waals surface area contributed by atoms with Crippen LogP contribution in [-0.4, -0.2) is 46.2 Å². The summed E-state index contributed by atoms with van der Waals surface area (Å²) in [4.78, 5) is 25.3. The molecule has 1 aliphatic carbocycles. The van der Waals surface area contributed by atoms with Crippen LogP contribution in [-0.2, 0) is 28.5 Å². The Balaban J connectivity index is 2.88. The van der Waals surface area contributed by atoms with Gasteiger partial charge in [0.1, 0.15) is 5.57 Å². The van der Waals surface area contributed by atoms with Crippen molar-refractivity contribution in [3.8, 4) is 12.1 Å². The van der Waals surface area contributed by atoms with Gasteiger partial charge in [0.2, 0.25) is 11.2 Å². The number of carbonyl (C=O) groups excluding carboxylic acids is 2. The summed E-state index contributed by atoms with van der Waals surface area (Å²) >= 11 is 0. The van der Waals surface area contributed by atoms with Crippen LogP contribution in [0.15, 0.2) is 47.6 Å². The molecule has 150 valence electrons. The first kappa shape index (κ1) is 21.8. The molecule has 29 heavy (non-hydrogen) atoms.